The largest absolute Gasteiger partial charge is 0.494 e. The first-order chi connectivity index (χ1) is 6.43. The third-order valence-electron chi connectivity index (χ3n) is 1.01. The number of benzene rings is 1. The van der Waals surface area contributed by atoms with Crippen molar-refractivity contribution in [2.75, 3.05) is 6.61 Å². The highest BCUT2D eigenvalue weighted by atomic mass is 32.3. The molecule has 79 valence electrons. The molecular formula is C8H11O5S. The Morgan fingerprint density at radius 2 is 1.64 bits per heavy atom. The van der Waals surface area contributed by atoms with Gasteiger partial charge in [-0.15, -0.1) is 0 Å². The lowest BCUT2D eigenvalue weighted by molar-refractivity contribution is 0.361. The maximum Gasteiger partial charge on any atom is 0.394 e. The fourth-order valence-corrected chi connectivity index (χ4v) is 0.635. The first kappa shape index (κ1) is 12.9. The molecule has 0 saturated heterocycles. The second-order valence-electron chi connectivity index (χ2n) is 2.11. The van der Waals surface area contributed by atoms with Crippen LogP contribution in [0.3, 0.4) is 0 Å². The van der Waals surface area contributed by atoms with Crippen LogP contribution >= 0.6 is 0 Å². The number of ether oxygens (including phenoxy) is 1. The van der Waals surface area contributed by atoms with Crippen molar-refractivity contribution in [1.82, 2.24) is 0 Å². The van der Waals surface area contributed by atoms with Crippen LogP contribution in [0.4, 0.5) is 0 Å². The van der Waals surface area contributed by atoms with Crippen LogP contribution < -0.4 is 4.74 Å². The molecule has 1 radical (unpaired) electrons. The summed E-state index contributed by atoms with van der Waals surface area (Å²) in [6.07, 6.45) is 0. The van der Waals surface area contributed by atoms with Crippen LogP contribution in [0.25, 0.3) is 0 Å². The minimum atomic E-state index is -4.67. The molecule has 1 rings (SSSR count). The van der Waals surface area contributed by atoms with E-state index in [-0.39, 0.29) is 0 Å². The summed E-state index contributed by atoms with van der Waals surface area (Å²) < 4.78 is 36.7. The summed E-state index contributed by atoms with van der Waals surface area (Å²) in [6, 6.07) is 9.64. The Morgan fingerprint density at radius 3 is 2.00 bits per heavy atom. The molecule has 1 aromatic rings. The first-order valence-corrected chi connectivity index (χ1v) is 5.00. The molecule has 1 aromatic carbocycles. The summed E-state index contributed by atoms with van der Waals surface area (Å²) >= 11 is 0. The van der Waals surface area contributed by atoms with Gasteiger partial charge in [-0.2, -0.15) is 8.42 Å². The minimum absolute atomic E-state index is 0.490. The zero-order valence-electron chi connectivity index (χ0n) is 7.33. The Bertz CT molecular complexity index is 324. The fourth-order valence-electron chi connectivity index (χ4n) is 0.635. The normalized spacial score (nSPS) is 9.93. The quantitative estimate of drug-likeness (QED) is 0.731. The van der Waals surface area contributed by atoms with Gasteiger partial charge in [-0.05, 0) is 19.1 Å². The van der Waals surface area contributed by atoms with Gasteiger partial charge in [0.25, 0.3) is 0 Å². The molecule has 0 spiro atoms. The van der Waals surface area contributed by atoms with Crippen molar-refractivity contribution in [3.05, 3.63) is 37.3 Å². The van der Waals surface area contributed by atoms with Crippen molar-refractivity contribution < 1.29 is 22.3 Å². The Labute approximate surface area is 82.9 Å². The summed E-state index contributed by atoms with van der Waals surface area (Å²) in [5.41, 5.74) is 0. The highest BCUT2D eigenvalue weighted by Gasteiger charge is 1.85. The van der Waals surface area contributed by atoms with Crippen LogP contribution in [0.2, 0.25) is 0 Å². The molecule has 0 bridgehead atoms. The molecule has 0 saturated carbocycles. The molecule has 0 aliphatic rings. The molecule has 0 amide bonds. The smallest absolute Gasteiger partial charge is 0.394 e. The average Bonchev–Trinajstić information content (AvgIpc) is 2.03. The van der Waals surface area contributed by atoms with Gasteiger partial charge < -0.3 is 4.74 Å². The van der Waals surface area contributed by atoms with Crippen LogP contribution in [-0.4, -0.2) is 24.1 Å². The van der Waals surface area contributed by atoms with Gasteiger partial charge in [0, 0.05) is 0 Å². The Hall–Kier alpha value is -1.11. The van der Waals surface area contributed by atoms with E-state index in [1.807, 2.05) is 30.3 Å². The number of hydrogen-bond donors (Lipinski definition) is 2. The lowest BCUT2D eigenvalue weighted by Crippen LogP contribution is -1.89. The topological polar surface area (TPSA) is 83.8 Å². The molecule has 6 heteroatoms. The zero-order valence-corrected chi connectivity index (χ0v) is 8.14. The van der Waals surface area contributed by atoms with E-state index in [0.29, 0.717) is 6.61 Å². The monoisotopic (exact) mass is 219 g/mol. The van der Waals surface area contributed by atoms with E-state index in [1.54, 1.807) is 0 Å². The lowest BCUT2D eigenvalue weighted by atomic mass is 10.3. The fraction of sp³-hybridized carbons (Fsp3) is 0.125. The Kier molecular flexibility index (Phi) is 5.86. The van der Waals surface area contributed by atoms with Crippen molar-refractivity contribution in [2.24, 2.45) is 0 Å². The van der Waals surface area contributed by atoms with E-state index in [0.717, 1.165) is 5.75 Å². The molecule has 0 aliphatic heterocycles. The maximum absolute atomic E-state index is 8.74. The van der Waals surface area contributed by atoms with Crippen LogP contribution in [0.1, 0.15) is 0 Å². The summed E-state index contributed by atoms with van der Waals surface area (Å²) in [7, 11) is -4.67. The summed E-state index contributed by atoms with van der Waals surface area (Å²) in [6.45, 7) is 4.05. The van der Waals surface area contributed by atoms with E-state index in [1.165, 1.54) is 0 Å². The Balaban J connectivity index is 0.000000292. The second-order valence-corrected chi connectivity index (χ2v) is 3.01. The van der Waals surface area contributed by atoms with Gasteiger partial charge in [-0.1, -0.05) is 18.2 Å². The van der Waals surface area contributed by atoms with Gasteiger partial charge in [0.05, 0.1) is 6.61 Å². The molecule has 0 aromatic heterocycles. The predicted octanol–water partition coefficient (Wildman–Crippen LogP) is 1.25. The van der Waals surface area contributed by atoms with Crippen molar-refractivity contribution in [3.63, 3.8) is 0 Å². The van der Waals surface area contributed by atoms with Crippen LogP contribution in [-0.2, 0) is 10.4 Å². The second kappa shape index (κ2) is 6.36. The molecule has 2 N–H and O–H groups in total. The van der Waals surface area contributed by atoms with E-state index in [4.69, 9.17) is 22.3 Å². The van der Waals surface area contributed by atoms with Crippen molar-refractivity contribution in [3.8, 4) is 5.75 Å². The average molecular weight is 219 g/mol. The standard InChI is InChI=1S/C8H9O.H2O4S/c1-2-9-8-6-4-3-5-7-8;1-5(2,3)4/h3-7H,1-2H2;(H2,1,2,3,4). The predicted molar refractivity (Wildman–Crippen MR) is 51.5 cm³/mol. The van der Waals surface area contributed by atoms with Crippen molar-refractivity contribution >= 4 is 10.4 Å². The molecule has 14 heavy (non-hydrogen) atoms. The number of para-hydroxylation sites is 1. The molecule has 0 aliphatic carbocycles. The summed E-state index contributed by atoms with van der Waals surface area (Å²) in [5.74, 6) is 0.882. The summed E-state index contributed by atoms with van der Waals surface area (Å²) in [5, 5.41) is 0. The van der Waals surface area contributed by atoms with E-state index < -0.39 is 10.4 Å². The highest BCUT2D eigenvalue weighted by molar-refractivity contribution is 7.79. The molecule has 5 nitrogen and oxygen atoms in total. The molecule has 0 atom stereocenters. The summed E-state index contributed by atoms with van der Waals surface area (Å²) in [4.78, 5) is 0. The van der Waals surface area contributed by atoms with Gasteiger partial charge >= 0.3 is 10.4 Å². The van der Waals surface area contributed by atoms with E-state index >= 15 is 0 Å². The van der Waals surface area contributed by atoms with Gasteiger partial charge in [0.2, 0.25) is 0 Å². The molecule has 0 fully saturated rings. The highest BCUT2D eigenvalue weighted by Crippen LogP contribution is 2.06. The van der Waals surface area contributed by atoms with Gasteiger partial charge in [0.1, 0.15) is 5.75 Å². The van der Waals surface area contributed by atoms with Gasteiger partial charge in [0.15, 0.2) is 0 Å². The zero-order chi connectivity index (χ0) is 11.0. The SMILES string of the molecule is O=S(=O)(O)O.[CH2]COc1ccccc1. The Morgan fingerprint density at radius 1 is 1.21 bits per heavy atom. The minimum Gasteiger partial charge on any atom is -0.494 e. The maximum atomic E-state index is 8.74. The van der Waals surface area contributed by atoms with Gasteiger partial charge in [-0.3, -0.25) is 9.11 Å². The molecule has 0 heterocycles. The molecule has 0 unspecified atom stereocenters. The first-order valence-electron chi connectivity index (χ1n) is 3.60. The van der Waals surface area contributed by atoms with Crippen LogP contribution in [0.5, 0.6) is 5.75 Å². The van der Waals surface area contributed by atoms with Crippen LogP contribution in [0, 0.1) is 6.92 Å². The van der Waals surface area contributed by atoms with Crippen molar-refractivity contribution in [1.29, 1.82) is 0 Å². The number of rotatable bonds is 2. The lowest BCUT2D eigenvalue weighted by Gasteiger charge is -1.99. The van der Waals surface area contributed by atoms with E-state index in [2.05, 4.69) is 6.92 Å². The number of hydrogen-bond acceptors (Lipinski definition) is 3. The third kappa shape index (κ3) is 10.9. The third-order valence-corrected chi connectivity index (χ3v) is 1.01. The van der Waals surface area contributed by atoms with Gasteiger partial charge in [-0.25, -0.2) is 0 Å². The van der Waals surface area contributed by atoms with E-state index in [9.17, 15) is 0 Å². The van der Waals surface area contributed by atoms with Crippen molar-refractivity contribution in [2.45, 2.75) is 0 Å². The van der Waals surface area contributed by atoms with Crippen LogP contribution in [0.15, 0.2) is 30.3 Å². The molecular weight excluding hydrogens is 208 g/mol.